The van der Waals surface area contributed by atoms with E-state index in [0.717, 1.165) is 31.2 Å². The van der Waals surface area contributed by atoms with E-state index < -0.39 is 10.0 Å². The molecule has 2 aromatic heterocycles. The summed E-state index contributed by atoms with van der Waals surface area (Å²) < 4.78 is 34.2. The van der Waals surface area contributed by atoms with Crippen molar-refractivity contribution < 1.29 is 12.9 Å². The number of aryl methyl sites for hydroxylation is 2. The van der Waals surface area contributed by atoms with Gasteiger partial charge in [-0.25, -0.2) is 18.1 Å². The van der Waals surface area contributed by atoms with Crippen LogP contribution in [0.15, 0.2) is 21.6 Å². The van der Waals surface area contributed by atoms with Crippen LogP contribution in [-0.4, -0.2) is 29.6 Å². The Kier molecular flexibility index (Phi) is 4.00. The normalized spacial score (nSPS) is 15.9. The summed E-state index contributed by atoms with van der Waals surface area (Å²) in [5.74, 6) is 0.801. The highest BCUT2D eigenvalue weighted by atomic mass is 32.2. The molecular formula is C17H21N5O3S. The van der Waals surface area contributed by atoms with Gasteiger partial charge in [0, 0.05) is 11.6 Å². The fraction of sp³-hybridized carbons (Fsp3) is 0.412. The molecule has 9 heteroatoms. The second-order valence-corrected chi connectivity index (χ2v) is 8.48. The zero-order chi connectivity index (χ0) is 18.5. The summed E-state index contributed by atoms with van der Waals surface area (Å²) in [4.78, 5) is 7.23. The number of anilines is 1. The standard InChI is InChI=1S/C17H21N5O3S/c1-9-15(10(2)25-21-9)11-7-13-16(20-17(18)19-13)14(8-11)26(23,24)22-12-5-3-4-6-12/h7-8,12,22H,3-6H2,1-2H3,(H3,18,19,20). The van der Waals surface area contributed by atoms with Gasteiger partial charge < -0.3 is 15.2 Å². The van der Waals surface area contributed by atoms with E-state index in [-0.39, 0.29) is 16.9 Å². The second-order valence-electron chi connectivity index (χ2n) is 6.79. The van der Waals surface area contributed by atoms with Crippen LogP contribution in [0.2, 0.25) is 0 Å². The number of nitrogens with two attached hydrogens (primary N) is 1. The van der Waals surface area contributed by atoms with Gasteiger partial charge in [0.15, 0.2) is 5.95 Å². The summed E-state index contributed by atoms with van der Waals surface area (Å²) in [5, 5.41) is 3.96. The molecule has 1 aliphatic rings. The molecule has 4 N–H and O–H groups in total. The second kappa shape index (κ2) is 6.10. The molecule has 0 saturated heterocycles. The number of sulfonamides is 1. The largest absolute Gasteiger partial charge is 0.369 e. The number of aromatic amines is 1. The molecule has 138 valence electrons. The van der Waals surface area contributed by atoms with Crippen LogP contribution in [0.1, 0.15) is 37.1 Å². The van der Waals surface area contributed by atoms with Crippen LogP contribution in [0.4, 0.5) is 5.95 Å². The third kappa shape index (κ3) is 2.86. The topological polar surface area (TPSA) is 127 Å². The van der Waals surface area contributed by atoms with Crippen LogP contribution in [0, 0.1) is 13.8 Å². The first-order chi connectivity index (χ1) is 12.3. The molecule has 0 spiro atoms. The minimum absolute atomic E-state index is 0.0333. The molecule has 0 aliphatic heterocycles. The summed E-state index contributed by atoms with van der Waals surface area (Å²) in [6.07, 6.45) is 3.79. The number of nitrogens with one attached hydrogen (secondary N) is 2. The zero-order valence-electron chi connectivity index (χ0n) is 14.7. The highest BCUT2D eigenvalue weighted by Gasteiger charge is 2.27. The van der Waals surface area contributed by atoms with Gasteiger partial charge in [0.05, 0.1) is 11.2 Å². The Morgan fingerprint density at radius 3 is 2.65 bits per heavy atom. The van der Waals surface area contributed by atoms with Crippen molar-refractivity contribution in [2.24, 2.45) is 0 Å². The number of imidazole rings is 1. The third-order valence-electron chi connectivity index (χ3n) is 4.86. The van der Waals surface area contributed by atoms with Crippen molar-refractivity contribution in [3.05, 3.63) is 23.6 Å². The molecular weight excluding hydrogens is 354 g/mol. The highest BCUT2D eigenvalue weighted by molar-refractivity contribution is 7.89. The Morgan fingerprint density at radius 2 is 2.00 bits per heavy atom. The van der Waals surface area contributed by atoms with Gasteiger partial charge in [0.1, 0.15) is 16.2 Å². The number of rotatable bonds is 4. The van der Waals surface area contributed by atoms with Crippen LogP contribution in [-0.2, 0) is 10.0 Å². The number of hydrogen-bond acceptors (Lipinski definition) is 6. The van der Waals surface area contributed by atoms with E-state index in [1.165, 1.54) is 0 Å². The maximum atomic E-state index is 13.1. The van der Waals surface area contributed by atoms with E-state index in [1.807, 2.05) is 13.0 Å². The average Bonchev–Trinajstić information content (AvgIpc) is 3.26. The summed E-state index contributed by atoms with van der Waals surface area (Å²) in [6.45, 7) is 3.62. The van der Waals surface area contributed by atoms with Gasteiger partial charge in [0.2, 0.25) is 10.0 Å². The number of H-pyrrole nitrogens is 1. The Balaban J connectivity index is 1.90. The quantitative estimate of drug-likeness (QED) is 0.643. The third-order valence-corrected chi connectivity index (χ3v) is 6.39. The molecule has 1 aliphatic carbocycles. The van der Waals surface area contributed by atoms with Crippen LogP contribution in [0.25, 0.3) is 22.2 Å². The van der Waals surface area contributed by atoms with Gasteiger partial charge >= 0.3 is 0 Å². The lowest BCUT2D eigenvalue weighted by atomic mass is 10.0. The van der Waals surface area contributed by atoms with Gasteiger partial charge in [-0.3, -0.25) is 0 Å². The molecule has 0 unspecified atom stereocenters. The fourth-order valence-electron chi connectivity index (χ4n) is 3.68. The van der Waals surface area contributed by atoms with E-state index in [0.29, 0.717) is 28.1 Å². The SMILES string of the molecule is Cc1noc(C)c1-c1cc(S(=O)(=O)NC2CCCC2)c2nc(N)[nH]c2c1. The smallest absolute Gasteiger partial charge is 0.243 e. The summed E-state index contributed by atoms with van der Waals surface area (Å²) in [6, 6.07) is 3.40. The summed E-state index contributed by atoms with van der Waals surface area (Å²) >= 11 is 0. The molecule has 4 rings (SSSR count). The molecule has 26 heavy (non-hydrogen) atoms. The van der Waals surface area contributed by atoms with E-state index in [1.54, 1.807) is 13.0 Å². The van der Waals surface area contributed by atoms with E-state index >= 15 is 0 Å². The van der Waals surface area contributed by atoms with Crippen molar-refractivity contribution in [1.29, 1.82) is 0 Å². The van der Waals surface area contributed by atoms with Gasteiger partial charge in [0.25, 0.3) is 0 Å². The van der Waals surface area contributed by atoms with Crippen molar-refractivity contribution in [3.8, 4) is 11.1 Å². The summed E-state index contributed by atoms with van der Waals surface area (Å²) in [5.41, 5.74) is 8.85. The first kappa shape index (κ1) is 17.0. The zero-order valence-corrected chi connectivity index (χ0v) is 15.5. The molecule has 1 saturated carbocycles. The predicted octanol–water partition coefficient (Wildman–Crippen LogP) is 2.64. The van der Waals surface area contributed by atoms with Crippen LogP contribution in [0.3, 0.4) is 0 Å². The maximum Gasteiger partial charge on any atom is 0.243 e. The fourth-order valence-corrected chi connectivity index (χ4v) is 5.17. The molecule has 1 fully saturated rings. The lowest BCUT2D eigenvalue weighted by Crippen LogP contribution is -2.32. The molecule has 0 amide bonds. The minimum atomic E-state index is -3.74. The molecule has 3 aromatic rings. The average molecular weight is 375 g/mol. The molecule has 1 aromatic carbocycles. The number of hydrogen-bond donors (Lipinski definition) is 3. The van der Waals surface area contributed by atoms with Gasteiger partial charge in [-0.05, 0) is 44.4 Å². The van der Waals surface area contributed by atoms with E-state index in [4.69, 9.17) is 10.3 Å². The Labute approximate surface area is 151 Å². The van der Waals surface area contributed by atoms with Crippen LogP contribution in [0.5, 0.6) is 0 Å². The predicted molar refractivity (Wildman–Crippen MR) is 98.1 cm³/mol. The Bertz CT molecular complexity index is 1060. The van der Waals surface area contributed by atoms with E-state index in [9.17, 15) is 8.42 Å². The van der Waals surface area contributed by atoms with Crippen molar-refractivity contribution in [1.82, 2.24) is 19.8 Å². The molecule has 2 heterocycles. The van der Waals surface area contributed by atoms with Crippen molar-refractivity contribution in [3.63, 3.8) is 0 Å². The molecule has 0 bridgehead atoms. The Hall–Kier alpha value is -2.39. The number of aromatic nitrogens is 3. The van der Waals surface area contributed by atoms with Crippen molar-refractivity contribution in [2.75, 3.05) is 5.73 Å². The number of nitrogen functional groups attached to an aromatic ring is 1. The molecule has 0 atom stereocenters. The Morgan fingerprint density at radius 1 is 1.27 bits per heavy atom. The minimum Gasteiger partial charge on any atom is -0.369 e. The lowest BCUT2D eigenvalue weighted by molar-refractivity contribution is 0.393. The van der Waals surface area contributed by atoms with Crippen molar-refractivity contribution >= 4 is 27.0 Å². The van der Waals surface area contributed by atoms with Gasteiger partial charge in [-0.15, -0.1) is 0 Å². The highest BCUT2D eigenvalue weighted by Crippen LogP contribution is 2.33. The van der Waals surface area contributed by atoms with Gasteiger partial charge in [-0.2, -0.15) is 0 Å². The first-order valence-corrected chi connectivity index (χ1v) is 10.1. The maximum absolute atomic E-state index is 13.1. The lowest BCUT2D eigenvalue weighted by Gasteiger charge is -2.14. The van der Waals surface area contributed by atoms with Crippen LogP contribution < -0.4 is 10.5 Å². The van der Waals surface area contributed by atoms with E-state index in [2.05, 4.69) is 19.8 Å². The van der Waals surface area contributed by atoms with Gasteiger partial charge in [-0.1, -0.05) is 18.0 Å². The number of benzene rings is 1. The first-order valence-electron chi connectivity index (χ1n) is 8.60. The van der Waals surface area contributed by atoms with Crippen molar-refractivity contribution in [2.45, 2.75) is 50.5 Å². The van der Waals surface area contributed by atoms with Crippen LogP contribution >= 0.6 is 0 Å². The molecule has 0 radical (unpaired) electrons. The monoisotopic (exact) mass is 375 g/mol. The number of fused-ring (bicyclic) bond motifs is 1. The summed E-state index contributed by atoms with van der Waals surface area (Å²) in [7, 11) is -3.74. The number of nitrogens with zero attached hydrogens (tertiary/aromatic N) is 2. The molecule has 8 nitrogen and oxygen atoms in total.